The molecule has 0 aromatic rings. The van der Waals surface area contributed by atoms with Crippen molar-refractivity contribution in [3.63, 3.8) is 0 Å². The summed E-state index contributed by atoms with van der Waals surface area (Å²) in [6, 6.07) is 0. The summed E-state index contributed by atoms with van der Waals surface area (Å²) in [6.07, 6.45) is 4.23. The van der Waals surface area contributed by atoms with Crippen LogP contribution in [-0.2, 0) is 9.47 Å². The summed E-state index contributed by atoms with van der Waals surface area (Å²) < 4.78 is 9.99. The van der Waals surface area contributed by atoms with Crippen LogP contribution in [0.25, 0.3) is 0 Å². The Morgan fingerprint density at radius 2 is 2.33 bits per heavy atom. The van der Waals surface area contributed by atoms with Crippen molar-refractivity contribution in [3.05, 3.63) is 23.7 Å². The van der Waals surface area contributed by atoms with Crippen LogP contribution in [0, 0.1) is 5.92 Å². The highest BCUT2D eigenvalue weighted by Gasteiger charge is 2.14. The first kappa shape index (κ1) is 9.13. The third-order valence-electron chi connectivity index (χ3n) is 1.80. The number of allylic oxidation sites excluding steroid dienone is 2. The molecule has 0 aliphatic heterocycles. The van der Waals surface area contributed by atoms with Gasteiger partial charge in [0.15, 0.2) is 0 Å². The summed E-state index contributed by atoms with van der Waals surface area (Å²) in [4.78, 5) is 0. The predicted octanol–water partition coefficient (Wildman–Crippen LogP) is 1.62. The summed E-state index contributed by atoms with van der Waals surface area (Å²) in [5.41, 5.74) is 0. The molecule has 1 atom stereocenters. The molecule has 1 aliphatic rings. The quantitative estimate of drug-likeness (QED) is 0.699. The largest absolute Gasteiger partial charge is 0.512 e. The van der Waals surface area contributed by atoms with Crippen LogP contribution in [-0.4, -0.2) is 25.9 Å². The lowest BCUT2D eigenvalue weighted by atomic mass is 9.99. The van der Waals surface area contributed by atoms with Gasteiger partial charge in [0.05, 0.1) is 19.5 Å². The first-order chi connectivity index (χ1) is 5.76. The zero-order valence-corrected chi connectivity index (χ0v) is 7.41. The monoisotopic (exact) mass is 170 g/mol. The van der Waals surface area contributed by atoms with E-state index in [1.54, 1.807) is 20.3 Å². The average Bonchev–Trinajstić information content (AvgIpc) is 2.04. The van der Waals surface area contributed by atoms with Gasteiger partial charge in [-0.2, -0.15) is 0 Å². The van der Waals surface area contributed by atoms with Crippen molar-refractivity contribution < 1.29 is 14.6 Å². The summed E-state index contributed by atoms with van der Waals surface area (Å²) in [5, 5.41) is 9.29. The van der Waals surface area contributed by atoms with E-state index in [1.807, 2.05) is 6.08 Å². The van der Waals surface area contributed by atoms with Gasteiger partial charge in [-0.05, 0) is 6.08 Å². The van der Waals surface area contributed by atoms with Crippen LogP contribution in [0.2, 0.25) is 0 Å². The van der Waals surface area contributed by atoms with Gasteiger partial charge in [-0.15, -0.1) is 0 Å². The van der Waals surface area contributed by atoms with Crippen molar-refractivity contribution >= 4 is 0 Å². The molecule has 0 radical (unpaired) electrons. The molecule has 0 bridgehead atoms. The maximum Gasteiger partial charge on any atom is 0.118 e. The van der Waals surface area contributed by atoms with Gasteiger partial charge in [-0.3, -0.25) is 0 Å². The number of ether oxygens (including phenoxy) is 2. The van der Waals surface area contributed by atoms with Crippen LogP contribution < -0.4 is 0 Å². The minimum absolute atomic E-state index is 0.231. The maximum atomic E-state index is 9.29. The Kier molecular flexibility index (Phi) is 3.17. The Labute approximate surface area is 72.3 Å². The number of rotatable bonds is 3. The van der Waals surface area contributed by atoms with Crippen molar-refractivity contribution in [2.45, 2.75) is 6.42 Å². The van der Waals surface area contributed by atoms with Gasteiger partial charge in [0, 0.05) is 25.5 Å². The lowest BCUT2D eigenvalue weighted by Gasteiger charge is -2.17. The highest BCUT2D eigenvalue weighted by atomic mass is 16.5. The molecule has 0 aromatic heterocycles. The van der Waals surface area contributed by atoms with E-state index in [2.05, 4.69) is 0 Å². The van der Waals surface area contributed by atoms with E-state index >= 15 is 0 Å². The normalized spacial score (nSPS) is 23.0. The van der Waals surface area contributed by atoms with Crippen LogP contribution in [0.5, 0.6) is 0 Å². The molecule has 3 nitrogen and oxygen atoms in total. The fourth-order valence-corrected chi connectivity index (χ4v) is 1.28. The number of methoxy groups -OCH3 is 2. The Bertz CT molecular complexity index is 206. The second-order valence-electron chi connectivity index (χ2n) is 2.83. The van der Waals surface area contributed by atoms with Crippen LogP contribution in [0.15, 0.2) is 23.7 Å². The van der Waals surface area contributed by atoms with Gasteiger partial charge >= 0.3 is 0 Å². The van der Waals surface area contributed by atoms with Crippen molar-refractivity contribution in [1.29, 1.82) is 0 Å². The maximum absolute atomic E-state index is 9.29. The third-order valence-corrected chi connectivity index (χ3v) is 1.80. The lowest BCUT2D eigenvalue weighted by Crippen LogP contribution is -2.11. The van der Waals surface area contributed by atoms with Gasteiger partial charge in [0.2, 0.25) is 0 Å². The van der Waals surface area contributed by atoms with Gasteiger partial charge in [0.1, 0.15) is 5.76 Å². The standard InChI is InChI=1S/C9H14O3/c1-11-6-7-3-8(10)5-9(4-7)12-2/h4-5,7,10H,3,6H2,1-2H3. The van der Waals surface area contributed by atoms with E-state index in [0.29, 0.717) is 24.5 Å². The first-order valence-corrected chi connectivity index (χ1v) is 3.90. The van der Waals surface area contributed by atoms with E-state index in [4.69, 9.17) is 9.47 Å². The lowest BCUT2D eigenvalue weighted by molar-refractivity contribution is 0.158. The average molecular weight is 170 g/mol. The van der Waals surface area contributed by atoms with E-state index in [9.17, 15) is 5.11 Å². The molecular weight excluding hydrogens is 156 g/mol. The Hall–Kier alpha value is -0.960. The second kappa shape index (κ2) is 4.16. The van der Waals surface area contributed by atoms with Crippen LogP contribution >= 0.6 is 0 Å². The predicted molar refractivity (Wildman–Crippen MR) is 45.8 cm³/mol. The molecule has 68 valence electrons. The topological polar surface area (TPSA) is 38.7 Å². The van der Waals surface area contributed by atoms with Crippen LogP contribution in [0.1, 0.15) is 6.42 Å². The van der Waals surface area contributed by atoms with E-state index in [0.717, 1.165) is 0 Å². The Morgan fingerprint density at radius 1 is 1.58 bits per heavy atom. The minimum Gasteiger partial charge on any atom is -0.512 e. The number of aliphatic hydroxyl groups is 1. The Morgan fingerprint density at radius 3 is 2.92 bits per heavy atom. The van der Waals surface area contributed by atoms with Crippen LogP contribution in [0.3, 0.4) is 0 Å². The van der Waals surface area contributed by atoms with E-state index in [1.165, 1.54) is 0 Å². The van der Waals surface area contributed by atoms with Gasteiger partial charge in [0.25, 0.3) is 0 Å². The smallest absolute Gasteiger partial charge is 0.118 e. The molecule has 0 saturated carbocycles. The molecule has 1 N–H and O–H groups in total. The van der Waals surface area contributed by atoms with E-state index in [-0.39, 0.29) is 5.92 Å². The van der Waals surface area contributed by atoms with Crippen molar-refractivity contribution in [3.8, 4) is 0 Å². The molecule has 0 fully saturated rings. The summed E-state index contributed by atoms with van der Waals surface area (Å²) in [5.74, 6) is 1.30. The fourth-order valence-electron chi connectivity index (χ4n) is 1.28. The Balaban J connectivity index is 2.60. The van der Waals surface area contributed by atoms with Crippen LogP contribution in [0.4, 0.5) is 0 Å². The third kappa shape index (κ3) is 2.27. The number of hydrogen-bond acceptors (Lipinski definition) is 3. The first-order valence-electron chi connectivity index (χ1n) is 3.90. The van der Waals surface area contributed by atoms with Gasteiger partial charge < -0.3 is 14.6 Å². The second-order valence-corrected chi connectivity index (χ2v) is 2.83. The molecule has 12 heavy (non-hydrogen) atoms. The summed E-state index contributed by atoms with van der Waals surface area (Å²) >= 11 is 0. The van der Waals surface area contributed by atoms with Gasteiger partial charge in [-0.25, -0.2) is 0 Å². The molecule has 0 spiro atoms. The minimum atomic E-state index is 0.231. The van der Waals surface area contributed by atoms with Crippen molar-refractivity contribution in [2.24, 2.45) is 5.92 Å². The summed E-state index contributed by atoms with van der Waals surface area (Å²) in [7, 11) is 3.24. The molecule has 0 aromatic carbocycles. The molecule has 0 heterocycles. The molecule has 1 aliphatic carbocycles. The van der Waals surface area contributed by atoms with Crippen molar-refractivity contribution in [1.82, 2.24) is 0 Å². The zero-order chi connectivity index (χ0) is 8.97. The van der Waals surface area contributed by atoms with E-state index < -0.39 is 0 Å². The highest BCUT2D eigenvalue weighted by Crippen LogP contribution is 2.21. The summed E-state index contributed by atoms with van der Waals surface area (Å²) in [6.45, 7) is 0.616. The fraction of sp³-hybridized carbons (Fsp3) is 0.556. The number of aliphatic hydroxyl groups excluding tert-OH is 1. The SMILES string of the molecule is COCC1C=C(OC)C=C(O)C1. The molecule has 0 amide bonds. The number of hydrogen-bond donors (Lipinski definition) is 1. The highest BCUT2D eigenvalue weighted by molar-refractivity contribution is 5.21. The van der Waals surface area contributed by atoms with Gasteiger partial charge in [-0.1, -0.05) is 0 Å². The molecule has 3 heteroatoms. The molecular formula is C9H14O3. The molecule has 0 saturated heterocycles. The molecule has 1 unspecified atom stereocenters. The van der Waals surface area contributed by atoms with Crippen molar-refractivity contribution in [2.75, 3.05) is 20.8 Å². The zero-order valence-electron chi connectivity index (χ0n) is 7.41. The molecule has 1 rings (SSSR count).